The van der Waals surface area contributed by atoms with E-state index >= 15 is 0 Å². The Bertz CT molecular complexity index is 499. The first-order valence-electron chi connectivity index (χ1n) is 5.66. The third-order valence-electron chi connectivity index (χ3n) is 2.79. The monoisotopic (exact) mass is 249 g/mol. The summed E-state index contributed by atoms with van der Waals surface area (Å²) in [6.45, 7) is 4.88. The van der Waals surface area contributed by atoms with E-state index in [0.717, 1.165) is 28.4 Å². The third-order valence-corrected chi connectivity index (χ3v) is 3.01. The fourth-order valence-electron chi connectivity index (χ4n) is 1.99. The summed E-state index contributed by atoms with van der Waals surface area (Å²) in [5.41, 5.74) is 9.40. The van der Waals surface area contributed by atoms with Crippen LogP contribution in [0.25, 0.3) is 0 Å². The van der Waals surface area contributed by atoms with Crippen LogP contribution in [0.5, 0.6) is 0 Å². The van der Waals surface area contributed by atoms with Gasteiger partial charge >= 0.3 is 0 Å². The van der Waals surface area contributed by atoms with Gasteiger partial charge in [0.2, 0.25) is 0 Å². The highest BCUT2D eigenvalue weighted by Crippen LogP contribution is 2.23. The first-order valence-corrected chi connectivity index (χ1v) is 6.04. The zero-order chi connectivity index (χ0) is 12.4. The van der Waals surface area contributed by atoms with Crippen molar-refractivity contribution in [3.05, 3.63) is 52.3 Å². The highest BCUT2D eigenvalue weighted by molar-refractivity contribution is 6.30. The van der Waals surface area contributed by atoms with Crippen LogP contribution in [0.2, 0.25) is 5.02 Å². The largest absolute Gasteiger partial charge is 0.319 e. The Morgan fingerprint density at radius 1 is 1.41 bits per heavy atom. The van der Waals surface area contributed by atoms with Crippen molar-refractivity contribution in [3.63, 3.8) is 0 Å². The first kappa shape index (κ1) is 12.1. The average molecular weight is 250 g/mol. The van der Waals surface area contributed by atoms with Crippen LogP contribution in [0.1, 0.15) is 29.8 Å². The lowest BCUT2D eigenvalue weighted by atomic mass is 10.0. The van der Waals surface area contributed by atoms with Crippen molar-refractivity contribution in [2.75, 3.05) is 0 Å². The first-order chi connectivity index (χ1) is 8.11. The van der Waals surface area contributed by atoms with E-state index in [1.54, 1.807) is 6.20 Å². The SMILES string of the molecule is CCn1nccc1C(N)c1cc(C)cc(Cl)c1. The highest BCUT2D eigenvalue weighted by Gasteiger charge is 2.14. The van der Waals surface area contributed by atoms with E-state index < -0.39 is 0 Å². The summed E-state index contributed by atoms with van der Waals surface area (Å²) >= 11 is 6.05. The number of rotatable bonds is 3. The lowest BCUT2D eigenvalue weighted by Gasteiger charge is -2.14. The molecule has 2 aromatic rings. The number of halogens is 1. The smallest absolute Gasteiger partial charge is 0.0723 e. The molecular formula is C13H16ClN3. The van der Waals surface area contributed by atoms with Crippen LogP contribution < -0.4 is 5.73 Å². The Hall–Kier alpha value is -1.32. The van der Waals surface area contributed by atoms with Gasteiger partial charge in [0.15, 0.2) is 0 Å². The fourth-order valence-corrected chi connectivity index (χ4v) is 2.28. The molecule has 1 aromatic carbocycles. The number of nitrogens with zero attached hydrogens (tertiary/aromatic N) is 2. The number of benzene rings is 1. The van der Waals surface area contributed by atoms with Gasteiger partial charge in [0.25, 0.3) is 0 Å². The Kier molecular flexibility index (Phi) is 3.50. The summed E-state index contributed by atoms with van der Waals surface area (Å²) in [6, 6.07) is 7.66. The van der Waals surface area contributed by atoms with Crippen LogP contribution in [-0.4, -0.2) is 9.78 Å². The molecular weight excluding hydrogens is 234 g/mol. The summed E-state index contributed by atoms with van der Waals surface area (Å²) < 4.78 is 1.90. The van der Waals surface area contributed by atoms with Crippen LogP contribution >= 0.6 is 11.6 Å². The zero-order valence-electron chi connectivity index (χ0n) is 10.0. The molecule has 4 heteroatoms. The number of aryl methyl sites for hydroxylation is 2. The molecule has 1 heterocycles. The topological polar surface area (TPSA) is 43.8 Å². The van der Waals surface area contributed by atoms with Gasteiger partial charge in [0.1, 0.15) is 0 Å². The molecule has 0 aliphatic rings. The molecule has 0 fully saturated rings. The van der Waals surface area contributed by atoms with Gasteiger partial charge in [0.05, 0.1) is 11.7 Å². The number of hydrogen-bond acceptors (Lipinski definition) is 2. The molecule has 0 saturated carbocycles. The Labute approximate surface area is 106 Å². The molecule has 2 N–H and O–H groups in total. The van der Waals surface area contributed by atoms with E-state index in [-0.39, 0.29) is 6.04 Å². The minimum absolute atomic E-state index is 0.185. The maximum Gasteiger partial charge on any atom is 0.0723 e. The minimum atomic E-state index is -0.185. The van der Waals surface area contributed by atoms with Gasteiger partial charge in [0, 0.05) is 17.8 Å². The number of hydrogen-bond donors (Lipinski definition) is 1. The van der Waals surface area contributed by atoms with E-state index in [2.05, 4.69) is 11.2 Å². The predicted octanol–water partition coefficient (Wildman–Crippen LogP) is 2.91. The zero-order valence-corrected chi connectivity index (χ0v) is 10.8. The third kappa shape index (κ3) is 2.51. The average Bonchev–Trinajstić information content (AvgIpc) is 2.74. The molecule has 3 nitrogen and oxygen atoms in total. The van der Waals surface area contributed by atoms with Crippen molar-refractivity contribution < 1.29 is 0 Å². The van der Waals surface area contributed by atoms with Gasteiger partial charge in [-0.2, -0.15) is 5.10 Å². The highest BCUT2D eigenvalue weighted by atomic mass is 35.5. The van der Waals surface area contributed by atoms with Crippen molar-refractivity contribution >= 4 is 11.6 Å². The van der Waals surface area contributed by atoms with Crippen LogP contribution in [0.3, 0.4) is 0 Å². The van der Waals surface area contributed by atoms with E-state index in [9.17, 15) is 0 Å². The molecule has 0 amide bonds. The van der Waals surface area contributed by atoms with Crippen LogP contribution in [0.4, 0.5) is 0 Å². The molecule has 0 radical (unpaired) electrons. The molecule has 1 aromatic heterocycles. The standard InChI is InChI=1S/C13H16ClN3/c1-3-17-12(4-5-16-17)13(15)10-6-9(2)7-11(14)8-10/h4-8,13H,3,15H2,1-2H3. The van der Waals surface area contributed by atoms with Crippen LogP contribution in [0, 0.1) is 6.92 Å². The number of aromatic nitrogens is 2. The lowest BCUT2D eigenvalue weighted by Crippen LogP contribution is -2.17. The summed E-state index contributed by atoms with van der Waals surface area (Å²) in [4.78, 5) is 0. The van der Waals surface area contributed by atoms with Gasteiger partial charge < -0.3 is 5.73 Å². The predicted molar refractivity (Wildman–Crippen MR) is 70.1 cm³/mol. The quantitative estimate of drug-likeness (QED) is 0.909. The second-order valence-electron chi connectivity index (χ2n) is 4.11. The van der Waals surface area contributed by atoms with Crippen molar-refractivity contribution in [1.29, 1.82) is 0 Å². The summed E-state index contributed by atoms with van der Waals surface area (Å²) in [6.07, 6.45) is 1.77. The van der Waals surface area contributed by atoms with E-state index in [0.29, 0.717) is 0 Å². The molecule has 0 spiro atoms. The van der Waals surface area contributed by atoms with Gasteiger partial charge in [-0.1, -0.05) is 17.7 Å². The fraction of sp³-hybridized carbons (Fsp3) is 0.308. The molecule has 17 heavy (non-hydrogen) atoms. The Morgan fingerprint density at radius 3 is 2.82 bits per heavy atom. The van der Waals surface area contributed by atoms with E-state index in [1.807, 2.05) is 36.7 Å². The maximum atomic E-state index is 6.26. The van der Waals surface area contributed by atoms with Crippen molar-refractivity contribution in [3.8, 4) is 0 Å². The second kappa shape index (κ2) is 4.90. The minimum Gasteiger partial charge on any atom is -0.319 e. The molecule has 0 bridgehead atoms. The molecule has 1 atom stereocenters. The molecule has 0 saturated heterocycles. The van der Waals surface area contributed by atoms with E-state index in [4.69, 9.17) is 17.3 Å². The molecule has 1 unspecified atom stereocenters. The Morgan fingerprint density at radius 2 is 2.18 bits per heavy atom. The van der Waals surface area contributed by atoms with Gasteiger partial charge in [-0.05, 0) is 43.2 Å². The van der Waals surface area contributed by atoms with Crippen molar-refractivity contribution in [2.24, 2.45) is 5.73 Å². The van der Waals surface area contributed by atoms with Gasteiger partial charge in [-0.15, -0.1) is 0 Å². The number of nitrogens with two attached hydrogens (primary N) is 1. The van der Waals surface area contributed by atoms with Crippen LogP contribution in [0.15, 0.2) is 30.5 Å². The van der Waals surface area contributed by atoms with E-state index in [1.165, 1.54) is 0 Å². The normalized spacial score (nSPS) is 12.7. The summed E-state index contributed by atoms with van der Waals surface area (Å²) in [5, 5.41) is 4.95. The molecule has 90 valence electrons. The Balaban J connectivity index is 2.39. The summed E-state index contributed by atoms with van der Waals surface area (Å²) in [7, 11) is 0. The maximum absolute atomic E-state index is 6.26. The second-order valence-corrected chi connectivity index (χ2v) is 4.55. The van der Waals surface area contributed by atoms with Gasteiger partial charge in [-0.3, -0.25) is 4.68 Å². The van der Waals surface area contributed by atoms with Crippen LogP contribution in [-0.2, 0) is 6.54 Å². The molecule has 2 rings (SSSR count). The summed E-state index contributed by atoms with van der Waals surface area (Å²) in [5.74, 6) is 0. The van der Waals surface area contributed by atoms with Gasteiger partial charge in [-0.25, -0.2) is 0 Å². The lowest BCUT2D eigenvalue weighted by molar-refractivity contribution is 0.601. The van der Waals surface area contributed by atoms with Crippen molar-refractivity contribution in [2.45, 2.75) is 26.4 Å². The van der Waals surface area contributed by atoms with Crippen molar-refractivity contribution in [1.82, 2.24) is 9.78 Å². The molecule has 0 aliphatic heterocycles. The molecule has 0 aliphatic carbocycles.